The summed E-state index contributed by atoms with van der Waals surface area (Å²) in [5, 5.41) is 9.13. The van der Waals surface area contributed by atoms with Gasteiger partial charge in [0.25, 0.3) is 0 Å². The van der Waals surface area contributed by atoms with Crippen LogP contribution in [-0.4, -0.2) is 38.0 Å². The first kappa shape index (κ1) is 17.3. The SMILES string of the molecule is CCOC(=O)COc1c(C#N)sc(SC)c1C(=O)OCC. The molecule has 0 radical (unpaired) electrons. The van der Waals surface area contributed by atoms with Crippen molar-refractivity contribution in [1.29, 1.82) is 5.26 Å². The van der Waals surface area contributed by atoms with Gasteiger partial charge in [0.1, 0.15) is 16.5 Å². The van der Waals surface area contributed by atoms with Crippen molar-refractivity contribution >= 4 is 35.0 Å². The van der Waals surface area contributed by atoms with E-state index >= 15 is 0 Å². The van der Waals surface area contributed by atoms with Crippen molar-refractivity contribution in [2.75, 3.05) is 26.1 Å². The Morgan fingerprint density at radius 2 is 1.95 bits per heavy atom. The molecule has 0 amide bonds. The van der Waals surface area contributed by atoms with E-state index in [2.05, 4.69) is 0 Å². The van der Waals surface area contributed by atoms with Crippen LogP contribution in [0.3, 0.4) is 0 Å². The summed E-state index contributed by atoms with van der Waals surface area (Å²) in [6, 6.07) is 1.96. The first-order valence-electron chi connectivity index (χ1n) is 6.15. The van der Waals surface area contributed by atoms with E-state index in [1.54, 1.807) is 20.1 Å². The largest absolute Gasteiger partial charge is 0.479 e. The van der Waals surface area contributed by atoms with Crippen molar-refractivity contribution in [2.45, 2.75) is 18.1 Å². The normalized spacial score (nSPS) is 9.81. The van der Waals surface area contributed by atoms with Gasteiger partial charge in [0.05, 0.1) is 17.4 Å². The molecule has 0 fully saturated rings. The van der Waals surface area contributed by atoms with E-state index in [0.29, 0.717) is 4.21 Å². The van der Waals surface area contributed by atoms with Crippen molar-refractivity contribution in [2.24, 2.45) is 0 Å². The highest BCUT2D eigenvalue weighted by Crippen LogP contribution is 2.40. The van der Waals surface area contributed by atoms with E-state index in [1.165, 1.54) is 11.8 Å². The lowest BCUT2D eigenvalue weighted by atomic mass is 10.3. The Morgan fingerprint density at radius 3 is 2.48 bits per heavy atom. The van der Waals surface area contributed by atoms with Gasteiger partial charge in [-0.2, -0.15) is 5.26 Å². The summed E-state index contributed by atoms with van der Waals surface area (Å²) in [5.74, 6) is -1.05. The average Bonchev–Trinajstić information content (AvgIpc) is 2.83. The molecule has 21 heavy (non-hydrogen) atoms. The van der Waals surface area contributed by atoms with Crippen molar-refractivity contribution in [3.63, 3.8) is 0 Å². The first-order valence-corrected chi connectivity index (χ1v) is 8.19. The van der Waals surface area contributed by atoms with E-state index in [0.717, 1.165) is 11.3 Å². The van der Waals surface area contributed by atoms with E-state index < -0.39 is 11.9 Å². The second kappa shape index (κ2) is 8.54. The van der Waals surface area contributed by atoms with Gasteiger partial charge in [-0.15, -0.1) is 23.1 Å². The Hall–Kier alpha value is -1.72. The molecule has 0 aromatic carbocycles. The highest BCUT2D eigenvalue weighted by Gasteiger charge is 2.26. The zero-order chi connectivity index (χ0) is 15.8. The number of nitriles is 1. The molecule has 6 nitrogen and oxygen atoms in total. The van der Waals surface area contributed by atoms with Crippen LogP contribution in [0, 0.1) is 11.3 Å². The van der Waals surface area contributed by atoms with Crippen LogP contribution in [0.5, 0.6) is 5.75 Å². The molecule has 0 N–H and O–H groups in total. The molecule has 114 valence electrons. The van der Waals surface area contributed by atoms with Crippen LogP contribution >= 0.6 is 23.1 Å². The second-order valence-corrected chi connectivity index (χ2v) is 5.65. The molecular formula is C13H15NO5S2. The predicted molar refractivity (Wildman–Crippen MR) is 78.9 cm³/mol. The number of thioether (sulfide) groups is 1. The number of nitrogens with zero attached hydrogens (tertiary/aromatic N) is 1. The maximum atomic E-state index is 12.0. The number of esters is 2. The molecule has 0 spiro atoms. The highest BCUT2D eigenvalue weighted by molar-refractivity contribution is 8.00. The quantitative estimate of drug-likeness (QED) is 0.561. The summed E-state index contributed by atoms with van der Waals surface area (Å²) in [7, 11) is 0. The number of carbonyl (C=O) groups is 2. The molecule has 0 aliphatic carbocycles. The van der Waals surface area contributed by atoms with Crippen LogP contribution in [-0.2, 0) is 14.3 Å². The Balaban J connectivity index is 3.09. The number of rotatable bonds is 7. The minimum Gasteiger partial charge on any atom is -0.479 e. The van der Waals surface area contributed by atoms with Crippen molar-refractivity contribution < 1.29 is 23.8 Å². The molecule has 1 aromatic heterocycles. The third-order valence-corrected chi connectivity index (χ3v) is 4.43. The number of hydrogen-bond acceptors (Lipinski definition) is 8. The van der Waals surface area contributed by atoms with E-state index in [1.807, 2.05) is 6.07 Å². The number of ether oxygens (including phenoxy) is 3. The molecule has 0 unspecified atom stereocenters. The van der Waals surface area contributed by atoms with Gasteiger partial charge in [-0.1, -0.05) is 0 Å². The van der Waals surface area contributed by atoms with Crippen molar-refractivity contribution in [3.8, 4) is 11.8 Å². The van der Waals surface area contributed by atoms with Gasteiger partial charge in [0.15, 0.2) is 12.4 Å². The summed E-state index contributed by atoms with van der Waals surface area (Å²) in [6.07, 6.45) is 1.78. The van der Waals surface area contributed by atoms with Gasteiger partial charge in [-0.05, 0) is 20.1 Å². The summed E-state index contributed by atoms with van der Waals surface area (Å²) >= 11 is 2.44. The van der Waals surface area contributed by atoms with E-state index in [-0.39, 0.29) is 36.0 Å². The molecule has 0 aliphatic rings. The van der Waals surface area contributed by atoms with Crippen molar-refractivity contribution in [1.82, 2.24) is 0 Å². The Labute approximate surface area is 131 Å². The summed E-state index contributed by atoms with van der Waals surface area (Å²) in [4.78, 5) is 23.6. The Morgan fingerprint density at radius 1 is 1.29 bits per heavy atom. The lowest BCUT2D eigenvalue weighted by molar-refractivity contribution is -0.145. The fourth-order valence-electron chi connectivity index (χ4n) is 1.46. The van der Waals surface area contributed by atoms with E-state index in [9.17, 15) is 9.59 Å². The van der Waals surface area contributed by atoms with Crippen LogP contribution < -0.4 is 4.74 Å². The third kappa shape index (κ3) is 4.37. The van der Waals surface area contributed by atoms with Gasteiger partial charge in [-0.3, -0.25) is 0 Å². The number of hydrogen-bond donors (Lipinski definition) is 0. The van der Waals surface area contributed by atoms with Gasteiger partial charge in [-0.25, -0.2) is 9.59 Å². The molecular weight excluding hydrogens is 314 g/mol. The van der Waals surface area contributed by atoms with Gasteiger partial charge in [0.2, 0.25) is 0 Å². The molecule has 1 aromatic rings. The highest BCUT2D eigenvalue weighted by atomic mass is 32.2. The second-order valence-electron chi connectivity index (χ2n) is 3.55. The molecule has 0 saturated heterocycles. The topological polar surface area (TPSA) is 85.6 Å². The summed E-state index contributed by atoms with van der Waals surface area (Å²) in [5.41, 5.74) is 0.190. The maximum Gasteiger partial charge on any atom is 0.344 e. The molecule has 0 aliphatic heterocycles. The Bertz CT molecular complexity index is 562. The van der Waals surface area contributed by atoms with Gasteiger partial charge >= 0.3 is 11.9 Å². The molecule has 0 saturated carbocycles. The maximum absolute atomic E-state index is 12.0. The lowest BCUT2D eigenvalue weighted by Crippen LogP contribution is -2.16. The Kier molecular flexibility index (Phi) is 7.05. The van der Waals surface area contributed by atoms with Crippen LogP contribution in [0.4, 0.5) is 0 Å². The average molecular weight is 329 g/mol. The monoisotopic (exact) mass is 329 g/mol. The van der Waals surface area contributed by atoms with Gasteiger partial charge < -0.3 is 14.2 Å². The van der Waals surface area contributed by atoms with Gasteiger partial charge in [0, 0.05) is 0 Å². The zero-order valence-corrected chi connectivity index (χ0v) is 13.6. The molecule has 1 rings (SSSR count). The predicted octanol–water partition coefficient (Wildman–Crippen LogP) is 2.46. The van der Waals surface area contributed by atoms with Crippen molar-refractivity contribution in [3.05, 3.63) is 10.4 Å². The summed E-state index contributed by atoms with van der Waals surface area (Å²) < 4.78 is 15.7. The standard InChI is InChI=1S/C13H15NO5S2/c1-4-17-9(15)7-19-11-8(6-14)21-13(20-3)10(11)12(16)18-5-2/h4-5,7H2,1-3H3. The molecule has 1 heterocycles. The fraction of sp³-hybridized carbons (Fsp3) is 0.462. The molecule has 0 bridgehead atoms. The number of carbonyl (C=O) groups excluding carboxylic acids is 2. The number of thiophene rings is 1. The van der Waals surface area contributed by atoms with E-state index in [4.69, 9.17) is 19.5 Å². The molecule has 8 heteroatoms. The van der Waals surface area contributed by atoms with Crippen LogP contribution in [0.1, 0.15) is 29.1 Å². The van der Waals surface area contributed by atoms with Crippen LogP contribution in [0.25, 0.3) is 0 Å². The minimum absolute atomic E-state index is 0.0818. The van der Waals surface area contributed by atoms with Crippen LogP contribution in [0.15, 0.2) is 4.21 Å². The smallest absolute Gasteiger partial charge is 0.344 e. The fourth-order valence-corrected chi connectivity index (χ4v) is 3.19. The summed E-state index contributed by atoms with van der Waals surface area (Å²) in [6.45, 7) is 3.45. The van der Waals surface area contributed by atoms with Crippen LogP contribution in [0.2, 0.25) is 0 Å². The zero-order valence-electron chi connectivity index (χ0n) is 11.9. The third-order valence-electron chi connectivity index (χ3n) is 2.24. The lowest BCUT2D eigenvalue weighted by Gasteiger charge is -2.08. The minimum atomic E-state index is -0.571. The molecule has 0 atom stereocenters. The first-order chi connectivity index (χ1) is 10.1.